The number of benzene rings is 2. The van der Waals surface area contributed by atoms with Gasteiger partial charge in [-0.25, -0.2) is 0 Å². The van der Waals surface area contributed by atoms with Gasteiger partial charge in [-0.3, -0.25) is 14.4 Å². The molecule has 0 unspecified atom stereocenters. The van der Waals surface area contributed by atoms with Crippen molar-refractivity contribution in [1.82, 2.24) is 0 Å². The third kappa shape index (κ3) is 5.91. The Morgan fingerprint density at radius 3 is 2.55 bits per heavy atom. The van der Waals surface area contributed by atoms with Gasteiger partial charge in [0.1, 0.15) is 5.75 Å². The van der Waals surface area contributed by atoms with Crippen LogP contribution in [0.15, 0.2) is 42.5 Å². The summed E-state index contributed by atoms with van der Waals surface area (Å²) >= 11 is 0. The van der Waals surface area contributed by atoms with Crippen LogP contribution < -0.4 is 10.1 Å². The quantitative estimate of drug-likeness (QED) is 0.544. The Hall–Kier alpha value is -3.15. The average molecular weight is 395 g/mol. The van der Waals surface area contributed by atoms with E-state index in [4.69, 9.17) is 9.47 Å². The molecular formula is C23H25NO5. The third-order valence-corrected chi connectivity index (χ3v) is 4.94. The van der Waals surface area contributed by atoms with Gasteiger partial charge in [0, 0.05) is 23.7 Å². The summed E-state index contributed by atoms with van der Waals surface area (Å²) in [5.74, 6) is -0.499. The van der Waals surface area contributed by atoms with Gasteiger partial charge < -0.3 is 14.8 Å². The Bertz CT molecular complexity index is 906. The smallest absolute Gasteiger partial charge is 0.306 e. The molecule has 1 aliphatic rings. The molecule has 0 heterocycles. The van der Waals surface area contributed by atoms with Gasteiger partial charge >= 0.3 is 5.97 Å². The number of hydrogen-bond acceptors (Lipinski definition) is 5. The molecule has 0 saturated heterocycles. The molecule has 0 spiro atoms. The number of hydrogen-bond donors (Lipinski definition) is 1. The number of carbonyl (C=O) groups is 3. The zero-order chi connectivity index (χ0) is 20.6. The number of methoxy groups -OCH3 is 1. The maximum absolute atomic E-state index is 12.4. The largest absolute Gasteiger partial charge is 0.497 e. The van der Waals surface area contributed by atoms with Crippen molar-refractivity contribution in [3.63, 3.8) is 0 Å². The van der Waals surface area contributed by atoms with E-state index >= 15 is 0 Å². The van der Waals surface area contributed by atoms with Crippen LogP contribution in [-0.4, -0.2) is 31.4 Å². The first kappa shape index (κ1) is 20.6. The van der Waals surface area contributed by atoms with Crippen molar-refractivity contribution in [1.29, 1.82) is 0 Å². The highest BCUT2D eigenvalue weighted by molar-refractivity contribution is 5.98. The molecular weight excluding hydrogens is 370 g/mol. The molecule has 1 amide bonds. The summed E-state index contributed by atoms with van der Waals surface area (Å²) in [6, 6.07) is 12.7. The normalized spacial score (nSPS) is 12.6. The van der Waals surface area contributed by atoms with Gasteiger partial charge in [-0.2, -0.15) is 0 Å². The Kier molecular flexibility index (Phi) is 7.00. The summed E-state index contributed by atoms with van der Waals surface area (Å²) in [6.45, 7) is -0.400. The maximum atomic E-state index is 12.4. The fourth-order valence-corrected chi connectivity index (χ4v) is 3.38. The van der Waals surface area contributed by atoms with E-state index in [1.54, 1.807) is 24.3 Å². The van der Waals surface area contributed by atoms with Crippen LogP contribution in [0.1, 0.15) is 47.2 Å². The molecule has 0 atom stereocenters. The van der Waals surface area contributed by atoms with Gasteiger partial charge in [-0.1, -0.05) is 18.2 Å². The molecule has 6 nitrogen and oxygen atoms in total. The van der Waals surface area contributed by atoms with Crippen LogP contribution in [0.4, 0.5) is 5.69 Å². The summed E-state index contributed by atoms with van der Waals surface area (Å²) in [4.78, 5) is 36.2. The number of carbonyl (C=O) groups excluding carboxylic acids is 3. The number of fused-ring (bicyclic) bond motifs is 1. The molecule has 0 aromatic heterocycles. The molecule has 0 radical (unpaired) electrons. The highest BCUT2D eigenvalue weighted by atomic mass is 16.5. The van der Waals surface area contributed by atoms with E-state index in [0.717, 1.165) is 19.3 Å². The fraction of sp³-hybridized carbons (Fsp3) is 0.348. The summed E-state index contributed by atoms with van der Waals surface area (Å²) in [6.07, 6.45) is 4.42. The first-order valence-corrected chi connectivity index (χ1v) is 9.79. The first-order chi connectivity index (χ1) is 14.0. The lowest BCUT2D eigenvalue weighted by Crippen LogP contribution is -2.21. The van der Waals surface area contributed by atoms with Crippen LogP contribution in [-0.2, 0) is 27.2 Å². The van der Waals surface area contributed by atoms with Crippen molar-refractivity contribution in [2.45, 2.75) is 38.5 Å². The van der Waals surface area contributed by atoms with E-state index in [1.807, 2.05) is 18.2 Å². The maximum Gasteiger partial charge on any atom is 0.306 e. The van der Waals surface area contributed by atoms with Crippen LogP contribution in [0.3, 0.4) is 0 Å². The number of amides is 1. The fourth-order valence-electron chi connectivity index (χ4n) is 3.38. The summed E-state index contributed by atoms with van der Waals surface area (Å²) < 4.78 is 10.1. The Morgan fingerprint density at radius 1 is 0.966 bits per heavy atom. The third-order valence-electron chi connectivity index (χ3n) is 4.94. The molecule has 0 fully saturated rings. The lowest BCUT2D eigenvalue weighted by atomic mass is 9.89. The number of nitrogens with one attached hydrogen (secondary N) is 1. The van der Waals surface area contributed by atoms with Gasteiger partial charge in [0.25, 0.3) is 5.91 Å². The van der Waals surface area contributed by atoms with Gasteiger partial charge in [0.05, 0.1) is 13.5 Å². The van der Waals surface area contributed by atoms with E-state index in [9.17, 15) is 14.4 Å². The van der Waals surface area contributed by atoms with Crippen molar-refractivity contribution in [3.8, 4) is 5.75 Å². The van der Waals surface area contributed by atoms with Crippen molar-refractivity contribution >= 4 is 23.3 Å². The van der Waals surface area contributed by atoms with Crippen LogP contribution in [0, 0.1) is 0 Å². The monoisotopic (exact) mass is 395 g/mol. The molecule has 3 rings (SSSR count). The highest BCUT2D eigenvalue weighted by Crippen LogP contribution is 2.23. The molecule has 1 aliphatic carbocycles. The van der Waals surface area contributed by atoms with Crippen molar-refractivity contribution in [3.05, 3.63) is 59.2 Å². The summed E-state index contributed by atoms with van der Waals surface area (Å²) in [5.41, 5.74) is 3.73. The van der Waals surface area contributed by atoms with Gasteiger partial charge in [-0.15, -0.1) is 0 Å². The van der Waals surface area contributed by atoms with Gasteiger partial charge in [-0.05, 0) is 55.0 Å². The van der Waals surface area contributed by atoms with Crippen LogP contribution in [0.5, 0.6) is 5.75 Å². The lowest BCUT2D eigenvalue weighted by Gasteiger charge is -2.16. The molecule has 6 heteroatoms. The molecule has 1 N–H and O–H groups in total. The van der Waals surface area contributed by atoms with E-state index in [0.29, 0.717) is 17.0 Å². The van der Waals surface area contributed by atoms with Crippen LogP contribution in [0.2, 0.25) is 0 Å². The molecule has 29 heavy (non-hydrogen) atoms. The Labute approximate surface area is 170 Å². The molecule has 0 saturated carbocycles. The highest BCUT2D eigenvalue weighted by Gasteiger charge is 2.15. The minimum Gasteiger partial charge on any atom is -0.497 e. The van der Waals surface area contributed by atoms with E-state index in [2.05, 4.69) is 5.32 Å². The molecule has 152 valence electrons. The number of Topliss-reactive ketones (excluding diaryl/α,β-unsaturated/α-hetero) is 1. The Morgan fingerprint density at radius 2 is 1.76 bits per heavy atom. The Balaban J connectivity index is 1.42. The van der Waals surface area contributed by atoms with Gasteiger partial charge in [0.2, 0.25) is 0 Å². The first-order valence-electron chi connectivity index (χ1n) is 9.79. The van der Waals surface area contributed by atoms with Crippen LogP contribution >= 0.6 is 0 Å². The van der Waals surface area contributed by atoms with Crippen molar-refractivity contribution in [2.24, 2.45) is 0 Å². The topological polar surface area (TPSA) is 81.7 Å². The molecule has 0 aliphatic heterocycles. The van der Waals surface area contributed by atoms with Gasteiger partial charge in [0.15, 0.2) is 12.4 Å². The second-order valence-electron chi connectivity index (χ2n) is 7.05. The number of rotatable bonds is 8. The van der Waals surface area contributed by atoms with Crippen molar-refractivity contribution < 1.29 is 23.9 Å². The predicted molar refractivity (Wildman–Crippen MR) is 109 cm³/mol. The number of anilines is 1. The molecule has 2 aromatic rings. The minimum atomic E-state index is -0.572. The van der Waals surface area contributed by atoms with E-state index in [-0.39, 0.29) is 18.6 Å². The summed E-state index contributed by atoms with van der Waals surface area (Å²) in [7, 11) is 1.54. The number of ketones is 1. The van der Waals surface area contributed by atoms with E-state index < -0.39 is 18.5 Å². The molecule has 0 bridgehead atoms. The number of ether oxygens (including phenoxy) is 2. The number of aryl methyl sites for hydroxylation is 2. The minimum absolute atomic E-state index is 0.0532. The molecule has 2 aromatic carbocycles. The second kappa shape index (κ2) is 9.87. The predicted octanol–water partition coefficient (Wildman–Crippen LogP) is 3.72. The zero-order valence-electron chi connectivity index (χ0n) is 16.5. The second-order valence-corrected chi connectivity index (χ2v) is 7.05. The zero-order valence-corrected chi connectivity index (χ0v) is 16.5. The number of esters is 1. The van der Waals surface area contributed by atoms with E-state index in [1.165, 1.54) is 24.7 Å². The summed E-state index contributed by atoms with van der Waals surface area (Å²) in [5, 5.41) is 2.63. The lowest BCUT2D eigenvalue weighted by molar-refractivity contribution is -0.147. The SMILES string of the molecule is COc1cccc(NC(=O)COC(=O)CCC(=O)c2ccc3c(c2)CCCC3)c1. The average Bonchev–Trinajstić information content (AvgIpc) is 2.75. The van der Waals surface area contributed by atoms with Crippen molar-refractivity contribution in [2.75, 3.05) is 19.0 Å². The van der Waals surface area contributed by atoms with Crippen LogP contribution in [0.25, 0.3) is 0 Å². The standard InChI is InChI=1S/C23H25NO5/c1-28-20-8-4-7-19(14-20)24-22(26)15-29-23(27)12-11-21(25)18-10-9-16-5-2-3-6-17(16)13-18/h4,7-10,13-14H,2-3,5-6,11-12,15H2,1H3,(H,24,26).